The van der Waals surface area contributed by atoms with E-state index in [1.165, 1.54) is 18.0 Å². The van der Waals surface area contributed by atoms with Crippen molar-refractivity contribution in [3.8, 4) is 6.07 Å². The predicted octanol–water partition coefficient (Wildman–Crippen LogP) is 3.95. The van der Waals surface area contributed by atoms with Crippen LogP contribution >= 0.6 is 35.0 Å². The van der Waals surface area contributed by atoms with Crippen molar-refractivity contribution in [3.05, 3.63) is 51.9 Å². The highest BCUT2D eigenvalue weighted by molar-refractivity contribution is 7.98. The van der Waals surface area contributed by atoms with E-state index in [9.17, 15) is 0 Å². The van der Waals surface area contributed by atoms with Gasteiger partial charge in [0.2, 0.25) is 0 Å². The van der Waals surface area contributed by atoms with E-state index in [-0.39, 0.29) is 0 Å². The summed E-state index contributed by atoms with van der Waals surface area (Å²) in [5, 5.41) is 10.7. The molecular formula is C12H7Cl2N3S. The molecule has 18 heavy (non-hydrogen) atoms. The summed E-state index contributed by atoms with van der Waals surface area (Å²) in [5.74, 6) is 0.548. The molecule has 0 aliphatic rings. The largest absolute Gasteiger partial charge is 0.245 e. The molecule has 0 saturated carbocycles. The number of hydrogen-bond donors (Lipinski definition) is 0. The molecule has 90 valence electrons. The first-order valence-electron chi connectivity index (χ1n) is 4.99. The summed E-state index contributed by atoms with van der Waals surface area (Å²) in [6.45, 7) is 0. The van der Waals surface area contributed by atoms with Gasteiger partial charge in [0.05, 0.1) is 0 Å². The van der Waals surface area contributed by atoms with Crippen LogP contribution in [-0.4, -0.2) is 9.97 Å². The van der Waals surface area contributed by atoms with E-state index >= 15 is 0 Å². The fourth-order valence-corrected chi connectivity index (χ4v) is 2.97. The highest BCUT2D eigenvalue weighted by atomic mass is 35.5. The van der Waals surface area contributed by atoms with Crippen LogP contribution in [0.1, 0.15) is 11.3 Å². The molecule has 1 heterocycles. The molecule has 0 unspecified atom stereocenters. The van der Waals surface area contributed by atoms with Crippen molar-refractivity contribution < 1.29 is 0 Å². The zero-order valence-electron chi connectivity index (χ0n) is 9.10. The lowest BCUT2D eigenvalue weighted by atomic mass is 10.2. The summed E-state index contributed by atoms with van der Waals surface area (Å²) in [5.41, 5.74) is 1.14. The summed E-state index contributed by atoms with van der Waals surface area (Å²) < 4.78 is 0. The van der Waals surface area contributed by atoms with Gasteiger partial charge >= 0.3 is 0 Å². The Labute approximate surface area is 119 Å². The van der Waals surface area contributed by atoms with Gasteiger partial charge in [-0.05, 0) is 17.7 Å². The average molecular weight is 296 g/mol. The number of aromatic nitrogens is 2. The summed E-state index contributed by atoms with van der Waals surface area (Å²) in [7, 11) is 0. The first-order chi connectivity index (χ1) is 8.72. The minimum absolute atomic E-state index is 0.311. The Bertz CT molecular complexity index is 590. The Hall–Kier alpha value is -1.28. The minimum atomic E-state index is 0.311. The molecule has 1 aromatic heterocycles. The highest BCUT2D eigenvalue weighted by Gasteiger charge is 2.09. The van der Waals surface area contributed by atoms with Gasteiger partial charge < -0.3 is 0 Å². The number of rotatable bonds is 3. The topological polar surface area (TPSA) is 49.6 Å². The number of nitrogens with zero attached hydrogens (tertiary/aromatic N) is 3. The molecule has 2 aromatic rings. The van der Waals surface area contributed by atoms with E-state index in [1.807, 2.05) is 6.07 Å². The Balaban J connectivity index is 2.20. The van der Waals surface area contributed by atoms with E-state index in [0.29, 0.717) is 26.5 Å². The van der Waals surface area contributed by atoms with Crippen LogP contribution in [0, 0.1) is 11.3 Å². The van der Waals surface area contributed by atoms with Crippen molar-refractivity contribution in [1.29, 1.82) is 5.26 Å². The quantitative estimate of drug-likeness (QED) is 0.805. The molecule has 0 N–H and O–H groups in total. The zero-order valence-corrected chi connectivity index (χ0v) is 11.4. The molecule has 0 radical (unpaired) electrons. The van der Waals surface area contributed by atoms with Crippen LogP contribution < -0.4 is 0 Å². The van der Waals surface area contributed by atoms with Crippen molar-refractivity contribution in [2.24, 2.45) is 0 Å². The van der Waals surface area contributed by atoms with Crippen molar-refractivity contribution in [1.82, 2.24) is 9.97 Å². The number of halogens is 2. The van der Waals surface area contributed by atoms with Gasteiger partial charge in [-0.25, -0.2) is 9.97 Å². The third-order valence-electron chi connectivity index (χ3n) is 2.19. The Kier molecular flexibility index (Phi) is 4.43. The van der Waals surface area contributed by atoms with Crippen molar-refractivity contribution >= 4 is 35.0 Å². The smallest absolute Gasteiger partial charge is 0.172 e. The molecule has 0 aliphatic heterocycles. The summed E-state index contributed by atoms with van der Waals surface area (Å²) >= 11 is 13.5. The first kappa shape index (κ1) is 13.2. The lowest BCUT2D eigenvalue weighted by Crippen LogP contribution is -1.91. The highest BCUT2D eigenvalue weighted by Crippen LogP contribution is 2.31. The Morgan fingerprint density at radius 1 is 1.17 bits per heavy atom. The average Bonchev–Trinajstić information content (AvgIpc) is 2.38. The van der Waals surface area contributed by atoms with Gasteiger partial charge in [0, 0.05) is 28.2 Å². The molecule has 6 heteroatoms. The second-order valence-corrected chi connectivity index (χ2v) is 5.09. The lowest BCUT2D eigenvalue weighted by Gasteiger charge is -2.06. The normalized spacial score (nSPS) is 10.1. The molecule has 0 amide bonds. The molecule has 0 spiro atoms. The maximum Gasteiger partial charge on any atom is 0.172 e. The maximum absolute atomic E-state index is 8.91. The number of thioether (sulfide) groups is 1. The van der Waals surface area contributed by atoms with E-state index < -0.39 is 0 Å². The Morgan fingerprint density at radius 3 is 2.50 bits per heavy atom. The van der Waals surface area contributed by atoms with Crippen LogP contribution in [0.4, 0.5) is 0 Å². The SMILES string of the molecule is N#Cc1nccnc1SCc1c(Cl)cccc1Cl. The number of nitriles is 1. The lowest BCUT2D eigenvalue weighted by molar-refractivity contribution is 1.02. The van der Waals surface area contributed by atoms with Crippen LogP contribution in [0.5, 0.6) is 0 Å². The summed E-state index contributed by atoms with van der Waals surface area (Å²) in [6.07, 6.45) is 3.04. The van der Waals surface area contributed by atoms with Gasteiger partial charge in [0.1, 0.15) is 11.1 Å². The molecule has 2 rings (SSSR count). The number of benzene rings is 1. The standard InChI is InChI=1S/C12H7Cl2N3S/c13-9-2-1-3-10(14)8(9)7-18-12-11(6-15)16-4-5-17-12/h1-5H,7H2. The molecular weight excluding hydrogens is 289 g/mol. The Morgan fingerprint density at radius 2 is 1.83 bits per heavy atom. The first-order valence-corrected chi connectivity index (χ1v) is 6.73. The monoisotopic (exact) mass is 295 g/mol. The number of hydrogen-bond acceptors (Lipinski definition) is 4. The molecule has 0 aliphatic carbocycles. The van der Waals surface area contributed by atoms with Gasteiger partial charge in [-0.1, -0.05) is 41.0 Å². The van der Waals surface area contributed by atoms with Crippen molar-refractivity contribution in [2.75, 3.05) is 0 Å². The van der Waals surface area contributed by atoms with Crippen LogP contribution in [0.2, 0.25) is 10.0 Å². The predicted molar refractivity (Wildman–Crippen MR) is 72.8 cm³/mol. The molecule has 0 fully saturated rings. The minimum Gasteiger partial charge on any atom is -0.245 e. The molecule has 3 nitrogen and oxygen atoms in total. The maximum atomic E-state index is 8.91. The molecule has 0 atom stereocenters. The van der Waals surface area contributed by atoms with Gasteiger partial charge in [-0.15, -0.1) is 0 Å². The van der Waals surface area contributed by atoms with Crippen molar-refractivity contribution in [3.63, 3.8) is 0 Å². The second-order valence-electron chi connectivity index (χ2n) is 3.31. The summed E-state index contributed by atoms with van der Waals surface area (Å²) in [6, 6.07) is 7.36. The van der Waals surface area contributed by atoms with Gasteiger partial charge in [0.15, 0.2) is 5.69 Å². The van der Waals surface area contributed by atoms with E-state index in [0.717, 1.165) is 5.56 Å². The fraction of sp³-hybridized carbons (Fsp3) is 0.0833. The summed E-state index contributed by atoms with van der Waals surface area (Å²) in [4.78, 5) is 8.06. The van der Waals surface area contributed by atoms with Gasteiger partial charge in [0.25, 0.3) is 0 Å². The van der Waals surface area contributed by atoms with Crippen LogP contribution in [0.25, 0.3) is 0 Å². The van der Waals surface area contributed by atoms with Crippen molar-refractivity contribution in [2.45, 2.75) is 10.8 Å². The van der Waals surface area contributed by atoms with Crippen LogP contribution in [0.15, 0.2) is 35.6 Å². The molecule has 0 bridgehead atoms. The molecule has 1 aromatic carbocycles. The van der Waals surface area contributed by atoms with Crippen LogP contribution in [0.3, 0.4) is 0 Å². The van der Waals surface area contributed by atoms with E-state index in [4.69, 9.17) is 28.5 Å². The van der Waals surface area contributed by atoms with Crippen LogP contribution in [-0.2, 0) is 5.75 Å². The third kappa shape index (κ3) is 2.94. The van der Waals surface area contributed by atoms with Gasteiger partial charge in [-0.2, -0.15) is 5.26 Å². The molecule has 0 saturated heterocycles. The van der Waals surface area contributed by atoms with E-state index in [2.05, 4.69) is 9.97 Å². The zero-order chi connectivity index (χ0) is 13.0. The van der Waals surface area contributed by atoms with Gasteiger partial charge in [-0.3, -0.25) is 0 Å². The third-order valence-corrected chi connectivity index (χ3v) is 3.90. The fourth-order valence-electron chi connectivity index (χ4n) is 1.32. The second kappa shape index (κ2) is 6.05. The van der Waals surface area contributed by atoms with E-state index in [1.54, 1.807) is 24.4 Å².